The van der Waals surface area contributed by atoms with Gasteiger partial charge < -0.3 is 5.73 Å². The highest BCUT2D eigenvalue weighted by Gasteiger charge is 2.12. The highest BCUT2D eigenvalue weighted by Crippen LogP contribution is 2.25. The van der Waals surface area contributed by atoms with Crippen molar-refractivity contribution in [3.63, 3.8) is 0 Å². The molecule has 2 N–H and O–H groups in total. The molecule has 0 radical (unpaired) electrons. The first-order valence-corrected chi connectivity index (χ1v) is 7.05. The maximum atomic E-state index is 5.83. The van der Waals surface area contributed by atoms with Crippen LogP contribution in [0.4, 0.5) is 0 Å². The molecular formula is C14H17ClN4S. The average Bonchev–Trinajstić information content (AvgIpc) is 2.90. The van der Waals surface area contributed by atoms with Gasteiger partial charge >= 0.3 is 0 Å². The Balaban J connectivity index is 0.00000147. The van der Waals surface area contributed by atoms with Crippen LogP contribution in [-0.4, -0.2) is 14.6 Å². The average molecular weight is 309 g/mol. The molecule has 20 heavy (non-hydrogen) atoms. The SMILES string of the molecule is Cc1ccc(-c2cn3nc(C(C)N)sc3n2)cc1C.Cl. The maximum Gasteiger partial charge on any atom is 0.212 e. The van der Waals surface area contributed by atoms with Gasteiger partial charge in [-0.1, -0.05) is 23.5 Å². The van der Waals surface area contributed by atoms with Crippen LogP contribution in [0.2, 0.25) is 0 Å². The summed E-state index contributed by atoms with van der Waals surface area (Å²) in [6.07, 6.45) is 1.96. The molecule has 0 amide bonds. The van der Waals surface area contributed by atoms with Gasteiger partial charge in [-0.25, -0.2) is 9.50 Å². The fraction of sp³-hybridized carbons (Fsp3) is 0.286. The Morgan fingerprint density at radius 2 is 2.00 bits per heavy atom. The number of benzene rings is 1. The molecule has 3 aromatic rings. The van der Waals surface area contributed by atoms with Crippen LogP contribution in [-0.2, 0) is 0 Å². The zero-order valence-corrected chi connectivity index (χ0v) is 13.3. The van der Waals surface area contributed by atoms with E-state index in [0.717, 1.165) is 21.2 Å². The summed E-state index contributed by atoms with van der Waals surface area (Å²) >= 11 is 1.54. The summed E-state index contributed by atoms with van der Waals surface area (Å²) < 4.78 is 1.81. The Bertz CT molecular complexity index is 713. The van der Waals surface area contributed by atoms with E-state index in [-0.39, 0.29) is 18.4 Å². The summed E-state index contributed by atoms with van der Waals surface area (Å²) in [7, 11) is 0. The molecule has 1 aromatic carbocycles. The number of hydrogen-bond acceptors (Lipinski definition) is 4. The lowest BCUT2D eigenvalue weighted by Crippen LogP contribution is -2.04. The highest BCUT2D eigenvalue weighted by atomic mass is 35.5. The van der Waals surface area contributed by atoms with Crippen molar-refractivity contribution in [1.29, 1.82) is 0 Å². The van der Waals surface area contributed by atoms with Gasteiger partial charge in [0.25, 0.3) is 0 Å². The van der Waals surface area contributed by atoms with Gasteiger partial charge in [0.05, 0.1) is 17.9 Å². The third-order valence-corrected chi connectivity index (χ3v) is 4.37. The molecule has 0 aliphatic carbocycles. The van der Waals surface area contributed by atoms with E-state index in [4.69, 9.17) is 5.73 Å². The Morgan fingerprint density at radius 1 is 1.25 bits per heavy atom. The van der Waals surface area contributed by atoms with E-state index < -0.39 is 0 Å². The quantitative estimate of drug-likeness (QED) is 0.788. The summed E-state index contributed by atoms with van der Waals surface area (Å²) in [5, 5.41) is 5.36. The van der Waals surface area contributed by atoms with E-state index in [1.54, 1.807) is 11.3 Å². The molecule has 0 saturated heterocycles. The number of nitrogens with two attached hydrogens (primary N) is 1. The molecule has 2 aromatic heterocycles. The van der Waals surface area contributed by atoms with Crippen LogP contribution in [0.15, 0.2) is 24.4 Å². The predicted molar refractivity (Wildman–Crippen MR) is 85.6 cm³/mol. The van der Waals surface area contributed by atoms with E-state index in [0.29, 0.717) is 0 Å². The van der Waals surface area contributed by atoms with Gasteiger partial charge in [-0.15, -0.1) is 12.4 Å². The molecule has 0 fully saturated rings. The maximum absolute atomic E-state index is 5.83. The third-order valence-electron chi connectivity index (χ3n) is 3.25. The van der Waals surface area contributed by atoms with Crippen molar-refractivity contribution in [2.24, 2.45) is 5.73 Å². The van der Waals surface area contributed by atoms with E-state index in [9.17, 15) is 0 Å². The van der Waals surface area contributed by atoms with Gasteiger partial charge in [0, 0.05) is 5.56 Å². The zero-order valence-electron chi connectivity index (χ0n) is 11.6. The molecule has 0 saturated carbocycles. The second kappa shape index (κ2) is 5.52. The van der Waals surface area contributed by atoms with Gasteiger partial charge in [0.1, 0.15) is 5.01 Å². The lowest BCUT2D eigenvalue weighted by atomic mass is 10.1. The van der Waals surface area contributed by atoms with Crippen LogP contribution in [0.25, 0.3) is 16.2 Å². The first kappa shape index (κ1) is 15.0. The molecule has 0 bridgehead atoms. The number of halogens is 1. The Morgan fingerprint density at radius 3 is 2.60 bits per heavy atom. The number of nitrogens with zero attached hydrogens (tertiary/aromatic N) is 3. The minimum absolute atomic E-state index is 0. The van der Waals surface area contributed by atoms with Gasteiger partial charge in [0.2, 0.25) is 4.96 Å². The Labute approximate surface area is 128 Å². The van der Waals surface area contributed by atoms with Crippen molar-refractivity contribution in [2.75, 3.05) is 0 Å². The number of rotatable bonds is 2. The molecule has 0 aliphatic rings. The number of aromatic nitrogens is 3. The first-order chi connectivity index (χ1) is 9.04. The van der Waals surface area contributed by atoms with Crippen molar-refractivity contribution in [1.82, 2.24) is 14.6 Å². The lowest BCUT2D eigenvalue weighted by molar-refractivity contribution is 0.769. The van der Waals surface area contributed by atoms with Gasteiger partial charge in [-0.05, 0) is 38.0 Å². The molecule has 4 nitrogen and oxygen atoms in total. The van der Waals surface area contributed by atoms with Crippen LogP contribution in [0, 0.1) is 13.8 Å². The van der Waals surface area contributed by atoms with Crippen molar-refractivity contribution < 1.29 is 0 Å². The van der Waals surface area contributed by atoms with E-state index >= 15 is 0 Å². The minimum atomic E-state index is -0.0447. The van der Waals surface area contributed by atoms with Crippen LogP contribution < -0.4 is 5.73 Å². The van der Waals surface area contributed by atoms with Crippen LogP contribution in [0.3, 0.4) is 0 Å². The van der Waals surface area contributed by atoms with Gasteiger partial charge in [-0.3, -0.25) is 0 Å². The summed E-state index contributed by atoms with van der Waals surface area (Å²) in [4.78, 5) is 5.51. The molecular weight excluding hydrogens is 292 g/mol. The molecule has 0 spiro atoms. The second-order valence-corrected chi connectivity index (χ2v) is 5.87. The molecule has 1 unspecified atom stereocenters. The Kier molecular flexibility index (Phi) is 4.13. The minimum Gasteiger partial charge on any atom is -0.322 e. The van der Waals surface area contributed by atoms with Gasteiger partial charge in [0.15, 0.2) is 0 Å². The first-order valence-electron chi connectivity index (χ1n) is 6.24. The summed E-state index contributed by atoms with van der Waals surface area (Å²) in [6.45, 7) is 6.16. The standard InChI is InChI=1S/C14H16N4S.ClH/c1-8-4-5-11(6-9(8)2)12-7-18-14(16-12)19-13(17-18)10(3)15;/h4-7,10H,15H2,1-3H3;1H. The third kappa shape index (κ3) is 2.57. The van der Waals surface area contributed by atoms with Crippen molar-refractivity contribution in [3.8, 4) is 11.3 Å². The van der Waals surface area contributed by atoms with E-state index in [2.05, 4.69) is 42.1 Å². The number of imidazole rings is 1. The number of aryl methyl sites for hydroxylation is 2. The second-order valence-electron chi connectivity index (χ2n) is 4.88. The van der Waals surface area contributed by atoms with E-state index in [1.165, 1.54) is 11.1 Å². The summed E-state index contributed by atoms with van der Waals surface area (Å²) in [5.74, 6) is 0. The van der Waals surface area contributed by atoms with Crippen molar-refractivity contribution in [3.05, 3.63) is 40.5 Å². The fourth-order valence-corrected chi connectivity index (χ4v) is 2.77. The summed E-state index contributed by atoms with van der Waals surface area (Å²) in [6, 6.07) is 6.34. The molecule has 2 heterocycles. The van der Waals surface area contributed by atoms with Crippen LogP contribution in [0.5, 0.6) is 0 Å². The molecule has 0 aliphatic heterocycles. The van der Waals surface area contributed by atoms with Crippen LogP contribution >= 0.6 is 23.7 Å². The number of hydrogen-bond donors (Lipinski definition) is 1. The monoisotopic (exact) mass is 308 g/mol. The fourth-order valence-electron chi connectivity index (χ4n) is 1.94. The normalized spacial score (nSPS) is 12.4. The summed E-state index contributed by atoms with van der Waals surface area (Å²) in [5.41, 5.74) is 10.5. The predicted octanol–water partition coefficient (Wildman–Crippen LogP) is 3.52. The smallest absolute Gasteiger partial charge is 0.212 e. The highest BCUT2D eigenvalue weighted by molar-refractivity contribution is 7.16. The topological polar surface area (TPSA) is 56.2 Å². The molecule has 1 atom stereocenters. The molecule has 6 heteroatoms. The molecule has 106 valence electrons. The molecule has 3 rings (SSSR count). The Hall–Kier alpha value is -1.43. The van der Waals surface area contributed by atoms with Gasteiger partial charge in [-0.2, -0.15) is 5.10 Å². The van der Waals surface area contributed by atoms with Crippen LogP contribution in [0.1, 0.15) is 29.1 Å². The number of fused-ring (bicyclic) bond motifs is 1. The zero-order chi connectivity index (χ0) is 13.6. The lowest BCUT2D eigenvalue weighted by Gasteiger charge is -2.02. The van der Waals surface area contributed by atoms with Crippen molar-refractivity contribution in [2.45, 2.75) is 26.8 Å². The largest absolute Gasteiger partial charge is 0.322 e. The van der Waals surface area contributed by atoms with E-state index in [1.807, 2.05) is 17.6 Å². The van der Waals surface area contributed by atoms with Crippen molar-refractivity contribution >= 4 is 28.7 Å².